The normalized spacial score (nSPS) is 16.5. The van der Waals surface area contributed by atoms with Crippen LogP contribution in [0, 0.1) is 18.3 Å². The van der Waals surface area contributed by atoms with Gasteiger partial charge in [-0.2, -0.15) is 10.4 Å². The topological polar surface area (TPSA) is 118 Å². The van der Waals surface area contributed by atoms with Crippen LogP contribution < -0.4 is 10.2 Å². The summed E-state index contributed by atoms with van der Waals surface area (Å²) in [5.74, 6) is -0.300. The molecule has 0 atom stereocenters. The first-order valence-corrected chi connectivity index (χ1v) is 13.1. The number of rotatable bonds is 5. The van der Waals surface area contributed by atoms with Gasteiger partial charge >= 0.3 is 0 Å². The lowest BCUT2D eigenvalue weighted by Gasteiger charge is -2.41. The highest BCUT2D eigenvalue weighted by Gasteiger charge is 2.26. The number of carbonyl (C=O) groups excluding carboxylic acids is 1. The van der Waals surface area contributed by atoms with Gasteiger partial charge in [0.25, 0.3) is 5.91 Å². The van der Waals surface area contributed by atoms with E-state index < -0.39 is 0 Å². The molecule has 1 amide bonds. The third kappa shape index (κ3) is 5.80. The van der Waals surface area contributed by atoms with E-state index in [-0.39, 0.29) is 11.4 Å². The molecule has 0 aliphatic carbocycles. The van der Waals surface area contributed by atoms with Crippen molar-refractivity contribution in [1.82, 2.24) is 14.7 Å². The van der Waals surface area contributed by atoms with E-state index in [1.54, 1.807) is 28.9 Å². The van der Waals surface area contributed by atoms with Crippen molar-refractivity contribution in [2.75, 3.05) is 49.6 Å². The summed E-state index contributed by atoms with van der Waals surface area (Å²) >= 11 is 12.2. The summed E-state index contributed by atoms with van der Waals surface area (Å²) in [6, 6.07) is 13.6. The van der Waals surface area contributed by atoms with Crippen LogP contribution in [0.4, 0.5) is 11.4 Å². The highest BCUT2D eigenvalue weighted by molar-refractivity contribution is 6.42. The fraction of sp³-hybridized carbons (Fsp3) is 0.370. The van der Waals surface area contributed by atoms with E-state index in [4.69, 9.17) is 27.9 Å². The Labute approximate surface area is 231 Å². The molecule has 0 unspecified atom stereocenters. The second-order valence-electron chi connectivity index (χ2n) is 9.32. The third-order valence-corrected chi connectivity index (χ3v) is 7.88. The number of benzene rings is 2. The lowest BCUT2D eigenvalue weighted by molar-refractivity contribution is 0.0321. The Kier molecular flexibility index (Phi) is 8.92. The highest BCUT2D eigenvalue weighted by atomic mass is 35.5. The Hall–Kier alpha value is -3.13. The van der Waals surface area contributed by atoms with Crippen molar-refractivity contribution < 1.29 is 15.0 Å². The highest BCUT2D eigenvalue weighted by Crippen LogP contribution is 2.28. The van der Waals surface area contributed by atoms with E-state index in [1.807, 2.05) is 19.1 Å². The second kappa shape index (κ2) is 12.2. The average molecular weight is 557 g/mol. The van der Waals surface area contributed by atoms with Gasteiger partial charge in [0.15, 0.2) is 0 Å². The van der Waals surface area contributed by atoms with Gasteiger partial charge in [0.1, 0.15) is 6.07 Å². The molecule has 0 saturated carbocycles. The summed E-state index contributed by atoms with van der Waals surface area (Å²) in [6.07, 6.45) is 3.69. The van der Waals surface area contributed by atoms with Crippen molar-refractivity contribution >= 4 is 40.5 Å². The van der Waals surface area contributed by atoms with Gasteiger partial charge in [0, 0.05) is 51.1 Å². The fourth-order valence-electron chi connectivity index (χ4n) is 5.07. The number of aromatic nitrogens is 2. The van der Waals surface area contributed by atoms with E-state index in [0.717, 1.165) is 57.9 Å². The van der Waals surface area contributed by atoms with Crippen LogP contribution in [0.25, 0.3) is 5.69 Å². The first-order chi connectivity index (χ1) is 17.9. The Morgan fingerprint density at radius 2 is 1.82 bits per heavy atom. The Morgan fingerprint density at radius 3 is 2.50 bits per heavy atom. The van der Waals surface area contributed by atoms with Crippen LogP contribution in [0.5, 0.6) is 0 Å². The molecular weight excluding hydrogens is 527 g/mol. The molecule has 2 aliphatic heterocycles. The van der Waals surface area contributed by atoms with Crippen LogP contribution in [0.1, 0.15) is 34.5 Å². The third-order valence-electron chi connectivity index (χ3n) is 7.14. The zero-order valence-corrected chi connectivity index (χ0v) is 22.6. The summed E-state index contributed by atoms with van der Waals surface area (Å²) in [4.78, 5) is 17.9. The SMILES string of the molecule is Cc1c(C(=O)Nc2ccc(N3CCN(C4CCOCC4)CC3)c(C#N)c2)cnn1-c1ccc(Cl)c(Cl)c1.O. The molecule has 0 bridgehead atoms. The summed E-state index contributed by atoms with van der Waals surface area (Å²) in [5.41, 5.74) is 3.80. The van der Waals surface area contributed by atoms with E-state index in [2.05, 4.69) is 26.3 Å². The molecule has 2 fully saturated rings. The zero-order chi connectivity index (χ0) is 25.9. The predicted octanol–water partition coefficient (Wildman–Crippen LogP) is 4.09. The minimum absolute atomic E-state index is 0. The van der Waals surface area contributed by atoms with Gasteiger partial charge in [-0.25, -0.2) is 4.68 Å². The van der Waals surface area contributed by atoms with Gasteiger partial charge in [-0.1, -0.05) is 23.2 Å². The molecule has 3 N–H and O–H groups in total. The molecule has 11 heteroatoms. The van der Waals surface area contributed by atoms with Crippen molar-refractivity contribution in [2.45, 2.75) is 25.8 Å². The summed E-state index contributed by atoms with van der Waals surface area (Å²) in [5, 5.41) is 18.0. The standard InChI is InChI=1S/C27H28Cl2N6O2.H2O/c1-18-23(17-31-35(18)22-3-4-24(28)25(29)15-22)27(36)32-20-2-5-26(19(14-20)16-30)34-10-8-33(9-11-34)21-6-12-37-13-7-21;/h2-5,14-15,17,21H,6-13H2,1H3,(H,32,36);1H2. The van der Waals surface area contributed by atoms with E-state index in [0.29, 0.717) is 44.3 Å². The Bertz CT molecular complexity index is 1340. The summed E-state index contributed by atoms with van der Waals surface area (Å²) in [7, 11) is 0. The summed E-state index contributed by atoms with van der Waals surface area (Å²) in [6.45, 7) is 7.16. The minimum Gasteiger partial charge on any atom is -0.412 e. The number of amides is 1. The number of halogens is 2. The second-order valence-corrected chi connectivity index (χ2v) is 10.1. The molecule has 2 saturated heterocycles. The maximum Gasteiger partial charge on any atom is 0.259 e. The number of piperazine rings is 1. The van der Waals surface area contributed by atoms with E-state index in [9.17, 15) is 10.1 Å². The van der Waals surface area contributed by atoms with Gasteiger partial charge in [0.2, 0.25) is 0 Å². The quantitative estimate of drug-likeness (QED) is 0.505. The number of hydrogen-bond acceptors (Lipinski definition) is 6. The van der Waals surface area contributed by atoms with Crippen molar-refractivity contribution in [3.8, 4) is 11.8 Å². The van der Waals surface area contributed by atoms with Crippen LogP contribution in [-0.2, 0) is 4.74 Å². The molecule has 5 rings (SSSR count). The van der Waals surface area contributed by atoms with Crippen molar-refractivity contribution in [2.24, 2.45) is 0 Å². The summed E-state index contributed by atoms with van der Waals surface area (Å²) < 4.78 is 7.14. The number of anilines is 2. The van der Waals surface area contributed by atoms with Gasteiger partial charge < -0.3 is 20.4 Å². The maximum absolute atomic E-state index is 13.1. The Morgan fingerprint density at radius 1 is 1.08 bits per heavy atom. The molecule has 0 radical (unpaired) electrons. The van der Waals surface area contributed by atoms with Gasteiger partial charge in [-0.3, -0.25) is 9.69 Å². The predicted molar refractivity (Wildman–Crippen MR) is 149 cm³/mol. The van der Waals surface area contributed by atoms with Crippen LogP contribution in [0.2, 0.25) is 10.0 Å². The number of hydrogen-bond donors (Lipinski definition) is 1. The first-order valence-electron chi connectivity index (χ1n) is 12.4. The average Bonchev–Trinajstić information content (AvgIpc) is 3.32. The number of ether oxygens (including phenoxy) is 1. The number of nitriles is 1. The molecular formula is C27H30Cl2N6O3. The lowest BCUT2D eigenvalue weighted by atomic mass is 10.1. The van der Waals surface area contributed by atoms with Crippen molar-refractivity contribution in [1.29, 1.82) is 5.26 Å². The molecule has 1 aromatic heterocycles. The van der Waals surface area contributed by atoms with Crippen LogP contribution in [-0.4, -0.2) is 71.5 Å². The van der Waals surface area contributed by atoms with Crippen LogP contribution >= 0.6 is 23.2 Å². The van der Waals surface area contributed by atoms with Gasteiger partial charge in [-0.05, 0) is 56.2 Å². The lowest BCUT2D eigenvalue weighted by Crippen LogP contribution is -2.51. The maximum atomic E-state index is 13.1. The van der Waals surface area contributed by atoms with Crippen LogP contribution in [0.3, 0.4) is 0 Å². The molecule has 2 aliphatic rings. The molecule has 38 heavy (non-hydrogen) atoms. The molecule has 0 spiro atoms. The number of carbonyl (C=O) groups is 1. The smallest absolute Gasteiger partial charge is 0.259 e. The van der Waals surface area contributed by atoms with Crippen molar-refractivity contribution in [3.05, 3.63) is 69.5 Å². The zero-order valence-electron chi connectivity index (χ0n) is 21.1. The van der Waals surface area contributed by atoms with E-state index in [1.165, 1.54) is 6.20 Å². The minimum atomic E-state index is -0.300. The van der Waals surface area contributed by atoms with Gasteiger partial charge in [-0.15, -0.1) is 0 Å². The number of nitrogens with zero attached hydrogens (tertiary/aromatic N) is 5. The molecule has 3 aromatic rings. The van der Waals surface area contributed by atoms with Crippen molar-refractivity contribution in [3.63, 3.8) is 0 Å². The fourth-order valence-corrected chi connectivity index (χ4v) is 5.36. The molecule has 2 aromatic carbocycles. The van der Waals surface area contributed by atoms with Gasteiger partial charge in [0.05, 0.1) is 44.4 Å². The van der Waals surface area contributed by atoms with E-state index >= 15 is 0 Å². The first kappa shape index (κ1) is 27.9. The number of nitrogens with one attached hydrogen (secondary N) is 1. The molecule has 9 nitrogen and oxygen atoms in total. The largest absolute Gasteiger partial charge is 0.412 e. The monoisotopic (exact) mass is 556 g/mol. The van der Waals surface area contributed by atoms with Crippen LogP contribution in [0.15, 0.2) is 42.6 Å². The molecule has 200 valence electrons. The Balaban J connectivity index is 0.00000336. The molecule has 3 heterocycles.